The molecule has 0 bridgehead atoms. The number of hydrogen-bond acceptors (Lipinski definition) is 4. The van der Waals surface area contributed by atoms with Gasteiger partial charge in [0, 0.05) is 20.1 Å². The number of ether oxygens (including phenoxy) is 1. The Labute approximate surface area is 136 Å². The number of carboxylic acid groups (broad SMARTS) is 1. The number of carbonyl (C=O) groups is 2. The van der Waals surface area contributed by atoms with Gasteiger partial charge in [-0.3, -0.25) is 9.69 Å². The monoisotopic (exact) mass is 320 g/mol. The third-order valence-electron chi connectivity index (χ3n) is 4.01. The number of aliphatic carboxylic acids is 1. The van der Waals surface area contributed by atoms with Crippen LogP contribution in [0.5, 0.6) is 0 Å². The first-order chi connectivity index (χ1) is 11.0. The number of benzene rings is 1. The molecule has 1 aromatic rings. The van der Waals surface area contributed by atoms with Gasteiger partial charge in [-0.25, -0.2) is 4.79 Å². The number of piperidine rings is 1. The van der Waals surface area contributed by atoms with E-state index in [0.29, 0.717) is 13.1 Å². The Morgan fingerprint density at radius 2 is 2.09 bits per heavy atom. The van der Waals surface area contributed by atoms with Crippen LogP contribution in [0, 0.1) is 5.92 Å². The van der Waals surface area contributed by atoms with Crippen molar-refractivity contribution in [1.29, 1.82) is 0 Å². The molecule has 6 nitrogen and oxygen atoms in total. The Bertz CT molecular complexity index is 521. The zero-order valence-corrected chi connectivity index (χ0v) is 13.5. The summed E-state index contributed by atoms with van der Waals surface area (Å²) in [5, 5.41) is 8.87. The topological polar surface area (TPSA) is 70.1 Å². The lowest BCUT2D eigenvalue weighted by Crippen LogP contribution is -2.43. The SMILES string of the molecule is CN(C[C@@H]1CCCN(CC(=O)O)C1)C(=O)OCc1ccccc1. The third-order valence-corrected chi connectivity index (χ3v) is 4.01. The summed E-state index contributed by atoms with van der Waals surface area (Å²) in [6.45, 7) is 2.44. The maximum absolute atomic E-state index is 12.0. The Balaban J connectivity index is 1.75. The molecule has 1 aliphatic rings. The van der Waals surface area contributed by atoms with E-state index in [0.717, 1.165) is 24.9 Å². The number of rotatable bonds is 6. The first-order valence-corrected chi connectivity index (χ1v) is 7.90. The van der Waals surface area contributed by atoms with Crippen molar-refractivity contribution in [1.82, 2.24) is 9.80 Å². The average Bonchev–Trinajstić information content (AvgIpc) is 2.53. The zero-order valence-electron chi connectivity index (χ0n) is 13.5. The van der Waals surface area contributed by atoms with Gasteiger partial charge in [0.1, 0.15) is 6.61 Å². The van der Waals surface area contributed by atoms with E-state index in [1.165, 1.54) is 0 Å². The van der Waals surface area contributed by atoms with Crippen LogP contribution in [0.3, 0.4) is 0 Å². The van der Waals surface area contributed by atoms with Gasteiger partial charge in [0.25, 0.3) is 0 Å². The van der Waals surface area contributed by atoms with Crippen molar-refractivity contribution >= 4 is 12.1 Å². The van der Waals surface area contributed by atoms with Crippen molar-refractivity contribution in [2.45, 2.75) is 19.4 Å². The molecule has 23 heavy (non-hydrogen) atoms. The van der Waals surface area contributed by atoms with Crippen molar-refractivity contribution in [3.63, 3.8) is 0 Å². The Morgan fingerprint density at radius 1 is 1.35 bits per heavy atom. The largest absolute Gasteiger partial charge is 0.480 e. The summed E-state index contributed by atoms with van der Waals surface area (Å²) >= 11 is 0. The van der Waals surface area contributed by atoms with E-state index in [1.54, 1.807) is 11.9 Å². The molecular formula is C17H24N2O4. The number of carboxylic acids is 1. The lowest BCUT2D eigenvalue weighted by atomic mass is 9.97. The van der Waals surface area contributed by atoms with E-state index >= 15 is 0 Å². The van der Waals surface area contributed by atoms with E-state index in [4.69, 9.17) is 9.84 Å². The van der Waals surface area contributed by atoms with Gasteiger partial charge in [-0.05, 0) is 30.9 Å². The minimum atomic E-state index is -0.804. The van der Waals surface area contributed by atoms with Crippen LogP contribution in [-0.4, -0.2) is 60.2 Å². The van der Waals surface area contributed by atoms with Crippen LogP contribution < -0.4 is 0 Å². The lowest BCUT2D eigenvalue weighted by Gasteiger charge is -2.33. The van der Waals surface area contributed by atoms with Gasteiger partial charge < -0.3 is 14.7 Å². The van der Waals surface area contributed by atoms with Crippen LogP contribution in [0.15, 0.2) is 30.3 Å². The van der Waals surface area contributed by atoms with E-state index in [-0.39, 0.29) is 25.2 Å². The summed E-state index contributed by atoms with van der Waals surface area (Å²) in [6.07, 6.45) is 1.63. The van der Waals surface area contributed by atoms with E-state index in [2.05, 4.69) is 0 Å². The highest BCUT2D eigenvalue weighted by molar-refractivity contribution is 5.69. The molecule has 2 rings (SSSR count). The maximum Gasteiger partial charge on any atom is 0.409 e. The predicted molar refractivity (Wildman–Crippen MR) is 86.1 cm³/mol. The second-order valence-electron chi connectivity index (χ2n) is 6.06. The van der Waals surface area contributed by atoms with Crippen LogP contribution in [0.25, 0.3) is 0 Å². The van der Waals surface area contributed by atoms with Gasteiger partial charge >= 0.3 is 12.1 Å². The molecule has 1 aliphatic heterocycles. The number of likely N-dealkylation sites (tertiary alicyclic amines) is 1. The highest BCUT2D eigenvalue weighted by Crippen LogP contribution is 2.17. The normalized spacial score (nSPS) is 18.4. The maximum atomic E-state index is 12.0. The van der Waals surface area contributed by atoms with Crippen LogP contribution in [0.2, 0.25) is 0 Å². The molecule has 0 unspecified atom stereocenters. The lowest BCUT2D eigenvalue weighted by molar-refractivity contribution is -0.138. The molecule has 0 saturated carbocycles. The highest BCUT2D eigenvalue weighted by atomic mass is 16.6. The fourth-order valence-electron chi connectivity index (χ4n) is 2.93. The van der Waals surface area contributed by atoms with Gasteiger partial charge in [0.15, 0.2) is 0 Å². The molecule has 1 atom stereocenters. The summed E-state index contributed by atoms with van der Waals surface area (Å²) in [6, 6.07) is 9.57. The van der Waals surface area contributed by atoms with Crippen molar-refractivity contribution < 1.29 is 19.4 Å². The van der Waals surface area contributed by atoms with Gasteiger partial charge in [0.05, 0.1) is 6.54 Å². The van der Waals surface area contributed by atoms with Gasteiger partial charge in [0.2, 0.25) is 0 Å². The predicted octanol–water partition coefficient (Wildman–Crippen LogP) is 2.05. The first-order valence-electron chi connectivity index (χ1n) is 7.90. The number of hydrogen-bond donors (Lipinski definition) is 1. The van der Waals surface area contributed by atoms with Gasteiger partial charge in [-0.2, -0.15) is 0 Å². The standard InChI is InChI=1S/C17H24N2O4/c1-18(17(22)23-13-14-6-3-2-4-7-14)10-15-8-5-9-19(11-15)12-16(20)21/h2-4,6-7,15H,5,8-13H2,1H3,(H,20,21)/t15-/m0/s1. The summed E-state index contributed by atoms with van der Waals surface area (Å²) in [7, 11) is 1.73. The fourth-order valence-corrected chi connectivity index (χ4v) is 2.93. The highest BCUT2D eigenvalue weighted by Gasteiger charge is 2.24. The van der Waals surface area contributed by atoms with Gasteiger partial charge in [-0.15, -0.1) is 0 Å². The van der Waals surface area contributed by atoms with Crippen LogP contribution in [0.4, 0.5) is 4.79 Å². The molecule has 0 aromatic heterocycles. The van der Waals surface area contributed by atoms with Crippen molar-refractivity contribution in [3.8, 4) is 0 Å². The molecule has 6 heteroatoms. The van der Waals surface area contributed by atoms with E-state index in [9.17, 15) is 9.59 Å². The third kappa shape index (κ3) is 5.90. The molecule has 1 aromatic carbocycles. The molecule has 1 amide bonds. The average molecular weight is 320 g/mol. The van der Waals surface area contributed by atoms with Gasteiger partial charge in [-0.1, -0.05) is 30.3 Å². The van der Waals surface area contributed by atoms with Crippen LogP contribution in [0.1, 0.15) is 18.4 Å². The van der Waals surface area contributed by atoms with Crippen LogP contribution >= 0.6 is 0 Å². The second kappa shape index (κ2) is 8.53. The Morgan fingerprint density at radius 3 is 2.78 bits per heavy atom. The number of carbonyl (C=O) groups excluding carboxylic acids is 1. The zero-order chi connectivity index (χ0) is 16.7. The quantitative estimate of drug-likeness (QED) is 0.869. The Hall–Kier alpha value is -2.08. The molecule has 0 spiro atoms. The summed E-state index contributed by atoms with van der Waals surface area (Å²) < 4.78 is 5.30. The molecular weight excluding hydrogens is 296 g/mol. The Kier molecular flexibility index (Phi) is 6.40. The number of nitrogens with zero attached hydrogens (tertiary/aromatic N) is 2. The minimum Gasteiger partial charge on any atom is -0.480 e. The van der Waals surface area contributed by atoms with Crippen molar-refractivity contribution in [2.75, 3.05) is 33.2 Å². The summed E-state index contributed by atoms with van der Waals surface area (Å²) in [5.41, 5.74) is 0.958. The summed E-state index contributed by atoms with van der Waals surface area (Å²) in [5.74, 6) is -0.515. The van der Waals surface area contributed by atoms with E-state index in [1.807, 2.05) is 35.2 Å². The minimum absolute atomic E-state index is 0.0681. The second-order valence-corrected chi connectivity index (χ2v) is 6.06. The van der Waals surface area contributed by atoms with Crippen molar-refractivity contribution in [3.05, 3.63) is 35.9 Å². The van der Waals surface area contributed by atoms with E-state index < -0.39 is 5.97 Å². The fraction of sp³-hybridized carbons (Fsp3) is 0.529. The van der Waals surface area contributed by atoms with Crippen LogP contribution in [-0.2, 0) is 16.1 Å². The smallest absolute Gasteiger partial charge is 0.409 e. The van der Waals surface area contributed by atoms with Crippen molar-refractivity contribution in [2.24, 2.45) is 5.92 Å². The first kappa shape index (κ1) is 17.3. The molecule has 0 aliphatic carbocycles. The summed E-state index contributed by atoms with van der Waals surface area (Å²) in [4.78, 5) is 26.4. The number of amides is 1. The molecule has 126 valence electrons. The molecule has 1 fully saturated rings. The molecule has 1 saturated heterocycles. The molecule has 1 N–H and O–H groups in total. The molecule has 0 radical (unpaired) electrons. The molecule has 1 heterocycles.